The van der Waals surface area contributed by atoms with Crippen molar-refractivity contribution in [1.82, 2.24) is 0 Å². The molecule has 214 valence electrons. The molecule has 1 atom stereocenters. The normalized spacial score (nSPS) is 13.7. The molecule has 0 spiro atoms. The van der Waals surface area contributed by atoms with Crippen LogP contribution in [0.3, 0.4) is 0 Å². The van der Waals surface area contributed by atoms with Gasteiger partial charge in [-0.25, -0.2) is 0 Å². The van der Waals surface area contributed by atoms with Crippen molar-refractivity contribution in [1.29, 1.82) is 0 Å². The Labute approximate surface area is 232 Å². The van der Waals surface area contributed by atoms with E-state index in [1.165, 1.54) is 18.2 Å². The Morgan fingerprint density at radius 2 is 1.74 bits per heavy atom. The number of amides is 1. The lowest BCUT2D eigenvalue weighted by Gasteiger charge is -2.35. The first-order chi connectivity index (χ1) is 17.8. The quantitative estimate of drug-likeness (QED) is 0.137. The highest BCUT2D eigenvalue weighted by Crippen LogP contribution is 2.41. The van der Waals surface area contributed by atoms with E-state index in [1.807, 2.05) is 13.0 Å². The summed E-state index contributed by atoms with van der Waals surface area (Å²) in [5.74, 6) is 0.0250. The average molecular weight is 528 g/mol. The number of ether oxygens (including phenoxy) is 1. The molecule has 38 heavy (non-hydrogen) atoms. The summed E-state index contributed by atoms with van der Waals surface area (Å²) in [6.07, 6.45) is 12.3. The number of hydrogen-bond acceptors (Lipinski definition) is 4. The molecule has 0 fully saturated rings. The van der Waals surface area contributed by atoms with Crippen LogP contribution in [-0.4, -0.2) is 30.2 Å². The number of nitrogens with one attached hydrogen (secondary N) is 1. The highest BCUT2D eigenvalue weighted by Gasteiger charge is 2.32. The van der Waals surface area contributed by atoms with E-state index in [2.05, 4.69) is 88.9 Å². The molecular formula is C33H53NO4. The fourth-order valence-electron chi connectivity index (χ4n) is 4.85. The molecule has 5 heteroatoms. The molecule has 1 unspecified atom stereocenters. The minimum absolute atomic E-state index is 0.0848. The molecule has 0 bridgehead atoms. The number of carbonyl (C=O) groups excluding carboxylic acids is 2. The Morgan fingerprint density at radius 3 is 2.26 bits per heavy atom. The van der Waals surface area contributed by atoms with Gasteiger partial charge in [-0.3, -0.25) is 9.59 Å². The molecule has 0 aromatic heterocycles. The van der Waals surface area contributed by atoms with Crippen molar-refractivity contribution in [3.63, 3.8) is 0 Å². The summed E-state index contributed by atoms with van der Waals surface area (Å²) in [6, 6.07) is 6.36. The lowest BCUT2D eigenvalue weighted by molar-refractivity contribution is -0.140. The van der Waals surface area contributed by atoms with Gasteiger partial charge in [0.1, 0.15) is 0 Å². The Balaban J connectivity index is 3.10. The molecular weight excluding hydrogens is 474 g/mol. The number of benzene rings is 1. The smallest absolute Gasteiger partial charge is 0.305 e. The molecule has 1 rings (SSSR count). The van der Waals surface area contributed by atoms with Gasteiger partial charge in [-0.15, -0.1) is 0 Å². The third-order valence-corrected chi connectivity index (χ3v) is 7.48. The molecule has 1 aromatic carbocycles. The van der Waals surface area contributed by atoms with Gasteiger partial charge in [-0.2, -0.15) is 0 Å². The minimum atomic E-state index is -0.296. The van der Waals surface area contributed by atoms with Crippen molar-refractivity contribution in [2.24, 2.45) is 11.3 Å². The second-order valence-corrected chi connectivity index (χ2v) is 11.9. The van der Waals surface area contributed by atoms with E-state index in [9.17, 15) is 14.7 Å². The predicted molar refractivity (Wildman–Crippen MR) is 159 cm³/mol. The molecule has 1 amide bonds. The van der Waals surface area contributed by atoms with Gasteiger partial charge >= 0.3 is 5.97 Å². The fourth-order valence-corrected chi connectivity index (χ4v) is 4.85. The Morgan fingerprint density at radius 1 is 1.08 bits per heavy atom. The highest BCUT2D eigenvalue weighted by atomic mass is 16.5. The molecule has 0 radical (unpaired) electrons. The number of carbonyl (C=O) groups is 2. The first-order valence-electron chi connectivity index (χ1n) is 14.3. The van der Waals surface area contributed by atoms with E-state index in [0.717, 1.165) is 43.4 Å². The summed E-state index contributed by atoms with van der Waals surface area (Å²) in [5.41, 5.74) is 4.20. The van der Waals surface area contributed by atoms with E-state index in [4.69, 9.17) is 0 Å². The van der Waals surface area contributed by atoms with E-state index >= 15 is 0 Å². The number of methoxy groups -OCH3 is 1. The Bertz CT molecular complexity index is 948. The zero-order valence-corrected chi connectivity index (χ0v) is 25.4. The Kier molecular flexibility index (Phi) is 14.1. The molecule has 1 aromatic rings. The third kappa shape index (κ3) is 10.4. The maximum Gasteiger partial charge on any atom is 0.305 e. The van der Waals surface area contributed by atoms with Crippen LogP contribution in [0.4, 0.5) is 5.69 Å². The first-order valence-corrected chi connectivity index (χ1v) is 14.3. The maximum absolute atomic E-state index is 12.4. The van der Waals surface area contributed by atoms with E-state index < -0.39 is 0 Å². The van der Waals surface area contributed by atoms with Crippen LogP contribution < -0.4 is 5.32 Å². The first kappa shape index (κ1) is 33.6. The zero-order valence-electron chi connectivity index (χ0n) is 25.4. The molecule has 2 N–H and O–H groups in total. The number of unbranched alkanes of at least 4 members (excludes halogenated alkanes) is 1. The second kappa shape index (κ2) is 15.9. The summed E-state index contributed by atoms with van der Waals surface area (Å²) in [4.78, 5) is 23.7. The molecule has 0 heterocycles. The van der Waals surface area contributed by atoms with Crippen LogP contribution in [0, 0.1) is 18.3 Å². The van der Waals surface area contributed by atoms with Crippen molar-refractivity contribution in [2.45, 2.75) is 118 Å². The molecule has 0 aliphatic carbocycles. The summed E-state index contributed by atoms with van der Waals surface area (Å²) in [5, 5.41) is 13.4. The van der Waals surface area contributed by atoms with Crippen LogP contribution in [0.15, 0.2) is 42.0 Å². The van der Waals surface area contributed by atoms with Gasteiger partial charge in [0, 0.05) is 23.9 Å². The number of aliphatic hydroxyl groups excluding tert-OH is 1. The maximum atomic E-state index is 12.4. The van der Waals surface area contributed by atoms with Crippen molar-refractivity contribution in [3.8, 4) is 0 Å². The number of allylic oxidation sites excluding steroid dienone is 4. The largest absolute Gasteiger partial charge is 0.469 e. The summed E-state index contributed by atoms with van der Waals surface area (Å²) >= 11 is 0. The SMILES string of the molecule is CCC(CC)(C(/C=C\CCCC(O)C(C)(C)C)=C/C(C)C)c1ccc(NC(=O)CCCC(=O)OC)c(C)c1. The lowest BCUT2D eigenvalue weighted by atomic mass is 9.69. The van der Waals surface area contributed by atoms with E-state index in [-0.39, 0.29) is 41.7 Å². The van der Waals surface area contributed by atoms with Gasteiger partial charge < -0.3 is 15.2 Å². The number of aliphatic hydroxyl groups is 1. The highest BCUT2D eigenvalue weighted by molar-refractivity contribution is 5.91. The van der Waals surface area contributed by atoms with Crippen LogP contribution in [0.5, 0.6) is 0 Å². The molecule has 0 aliphatic rings. The monoisotopic (exact) mass is 527 g/mol. The van der Waals surface area contributed by atoms with Crippen molar-refractivity contribution >= 4 is 17.6 Å². The topological polar surface area (TPSA) is 75.6 Å². The van der Waals surface area contributed by atoms with Crippen LogP contribution in [0.2, 0.25) is 0 Å². The number of aryl methyl sites for hydroxylation is 1. The van der Waals surface area contributed by atoms with Gasteiger partial charge in [0.2, 0.25) is 5.91 Å². The Hall–Kier alpha value is -2.40. The van der Waals surface area contributed by atoms with Crippen molar-refractivity contribution in [2.75, 3.05) is 12.4 Å². The van der Waals surface area contributed by atoms with Crippen molar-refractivity contribution in [3.05, 3.63) is 53.1 Å². The van der Waals surface area contributed by atoms with Gasteiger partial charge in [-0.05, 0) is 79.5 Å². The fraction of sp³-hybridized carbons (Fsp3) is 0.636. The number of esters is 1. The van der Waals surface area contributed by atoms with Gasteiger partial charge in [-0.1, -0.05) is 78.8 Å². The summed E-state index contributed by atoms with van der Waals surface area (Å²) in [7, 11) is 1.36. The average Bonchev–Trinajstić information content (AvgIpc) is 2.85. The number of rotatable bonds is 15. The van der Waals surface area contributed by atoms with E-state index in [1.54, 1.807) is 0 Å². The molecule has 0 saturated carbocycles. The van der Waals surface area contributed by atoms with Crippen LogP contribution >= 0.6 is 0 Å². The van der Waals surface area contributed by atoms with Crippen molar-refractivity contribution < 1.29 is 19.4 Å². The number of hydrogen-bond donors (Lipinski definition) is 2. The van der Waals surface area contributed by atoms with Crippen LogP contribution in [-0.2, 0) is 19.7 Å². The third-order valence-electron chi connectivity index (χ3n) is 7.48. The predicted octanol–water partition coefficient (Wildman–Crippen LogP) is 8.05. The molecule has 5 nitrogen and oxygen atoms in total. The molecule has 0 saturated heterocycles. The van der Waals surface area contributed by atoms with Gasteiger partial charge in [0.15, 0.2) is 0 Å². The van der Waals surface area contributed by atoms with E-state index in [0.29, 0.717) is 12.3 Å². The van der Waals surface area contributed by atoms with Gasteiger partial charge in [0.05, 0.1) is 13.2 Å². The van der Waals surface area contributed by atoms with Gasteiger partial charge in [0.25, 0.3) is 0 Å². The number of anilines is 1. The zero-order chi connectivity index (χ0) is 28.9. The lowest BCUT2D eigenvalue weighted by Crippen LogP contribution is -2.27. The molecule has 0 aliphatic heterocycles. The minimum Gasteiger partial charge on any atom is -0.469 e. The summed E-state index contributed by atoms with van der Waals surface area (Å²) in [6.45, 7) is 17.2. The second-order valence-electron chi connectivity index (χ2n) is 11.9. The van der Waals surface area contributed by atoms with Crippen LogP contribution in [0.1, 0.15) is 111 Å². The standard InChI is InChI=1S/C33H53NO4/c1-10-33(11-2,26(22-24(3)4)16-13-12-14-17-29(35)32(6,7)8)27-20-21-28(25(5)23-27)34-30(36)18-15-19-31(37)38-9/h13,16,20-24,29,35H,10-12,14-15,17-19H2,1-9H3,(H,34,36)/b16-13-,26-22+. The summed E-state index contributed by atoms with van der Waals surface area (Å²) < 4.78 is 4.65. The van der Waals surface area contributed by atoms with Crippen LogP contribution in [0.25, 0.3) is 0 Å².